The van der Waals surface area contributed by atoms with E-state index in [-0.39, 0.29) is 5.41 Å². The zero-order valence-electron chi connectivity index (χ0n) is 11.4. The highest BCUT2D eigenvalue weighted by Gasteiger charge is 2.24. The molecule has 1 aromatic heterocycles. The summed E-state index contributed by atoms with van der Waals surface area (Å²) in [5.41, 5.74) is 15.5. The average Bonchev–Trinajstić information content (AvgIpc) is 2.57. The van der Waals surface area contributed by atoms with Crippen LogP contribution in [0.1, 0.15) is 32.0 Å². The third kappa shape index (κ3) is 2.06. The molecule has 2 rings (SSSR count). The molecule has 1 heterocycles. The van der Waals surface area contributed by atoms with Crippen LogP contribution in [-0.2, 0) is 5.41 Å². The monoisotopic (exact) mass is 244 g/mol. The lowest BCUT2D eigenvalue weighted by Gasteiger charge is -2.15. The van der Waals surface area contributed by atoms with Crippen LogP contribution in [0.2, 0.25) is 0 Å². The maximum atomic E-state index is 6.05. The van der Waals surface area contributed by atoms with Crippen LogP contribution in [0, 0.1) is 6.92 Å². The number of rotatable bonds is 1. The standard InChI is InChI=1S/C14H20N4/c1-9-5-7-10(8-6-9)18-13(16)11(15)12(17-18)14(2,3)4/h5-8H,15-16H2,1-4H3. The summed E-state index contributed by atoms with van der Waals surface area (Å²) in [4.78, 5) is 0. The van der Waals surface area contributed by atoms with Crippen LogP contribution in [0.4, 0.5) is 11.5 Å². The molecule has 0 aliphatic heterocycles. The lowest BCUT2D eigenvalue weighted by atomic mass is 9.91. The normalized spacial score (nSPS) is 11.8. The van der Waals surface area contributed by atoms with Crippen molar-refractivity contribution in [2.75, 3.05) is 11.5 Å². The van der Waals surface area contributed by atoms with E-state index in [1.807, 2.05) is 31.2 Å². The predicted octanol–water partition coefficient (Wildman–Crippen LogP) is 2.64. The van der Waals surface area contributed by atoms with Gasteiger partial charge >= 0.3 is 0 Å². The van der Waals surface area contributed by atoms with Gasteiger partial charge in [0.05, 0.1) is 17.1 Å². The van der Waals surface area contributed by atoms with E-state index in [1.54, 1.807) is 4.68 Å². The third-order valence-corrected chi connectivity index (χ3v) is 2.95. The van der Waals surface area contributed by atoms with Gasteiger partial charge in [0.2, 0.25) is 0 Å². The molecule has 0 fully saturated rings. The Labute approximate surface area is 108 Å². The van der Waals surface area contributed by atoms with Gasteiger partial charge in [-0.05, 0) is 19.1 Å². The van der Waals surface area contributed by atoms with Gasteiger partial charge in [-0.25, -0.2) is 4.68 Å². The van der Waals surface area contributed by atoms with Gasteiger partial charge in [-0.3, -0.25) is 0 Å². The van der Waals surface area contributed by atoms with Crippen molar-refractivity contribution in [3.8, 4) is 5.69 Å². The van der Waals surface area contributed by atoms with E-state index in [0.29, 0.717) is 11.5 Å². The predicted molar refractivity (Wildman–Crippen MR) is 75.8 cm³/mol. The van der Waals surface area contributed by atoms with Gasteiger partial charge < -0.3 is 11.5 Å². The van der Waals surface area contributed by atoms with E-state index in [9.17, 15) is 0 Å². The Hall–Kier alpha value is -1.97. The molecule has 0 atom stereocenters. The fourth-order valence-corrected chi connectivity index (χ4v) is 1.88. The zero-order chi connectivity index (χ0) is 13.5. The summed E-state index contributed by atoms with van der Waals surface area (Å²) in [5.74, 6) is 0.503. The molecule has 0 bridgehead atoms. The van der Waals surface area contributed by atoms with Gasteiger partial charge in [0.1, 0.15) is 0 Å². The first-order chi connectivity index (χ1) is 8.30. The first-order valence-corrected chi connectivity index (χ1v) is 6.02. The van der Waals surface area contributed by atoms with Crippen molar-refractivity contribution in [3.63, 3.8) is 0 Å². The fraction of sp³-hybridized carbons (Fsp3) is 0.357. The number of nitrogens with zero attached hydrogens (tertiary/aromatic N) is 2. The quantitative estimate of drug-likeness (QED) is 0.810. The van der Waals surface area contributed by atoms with E-state index in [2.05, 4.69) is 25.9 Å². The Bertz CT molecular complexity index is 559. The molecule has 4 nitrogen and oxygen atoms in total. The minimum Gasteiger partial charge on any atom is -0.394 e. The number of hydrogen-bond donors (Lipinski definition) is 2. The van der Waals surface area contributed by atoms with Gasteiger partial charge in [0.15, 0.2) is 5.82 Å². The van der Waals surface area contributed by atoms with Crippen LogP contribution >= 0.6 is 0 Å². The molecule has 4 heteroatoms. The van der Waals surface area contributed by atoms with Gasteiger partial charge in [0.25, 0.3) is 0 Å². The van der Waals surface area contributed by atoms with Gasteiger partial charge in [-0.2, -0.15) is 5.10 Å². The molecule has 0 aliphatic rings. The third-order valence-electron chi connectivity index (χ3n) is 2.95. The number of nitrogens with two attached hydrogens (primary N) is 2. The Morgan fingerprint density at radius 2 is 1.61 bits per heavy atom. The minimum atomic E-state index is -0.117. The molecular weight excluding hydrogens is 224 g/mol. The van der Waals surface area contributed by atoms with Crippen LogP contribution in [0.3, 0.4) is 0 Å². The van der Waals surface area contributed by atoms with E-state index >= 15 is 0 Å². The molecule has 0 unspecified atom stereocenters. The van der Waals surface area contributed by atoms with Crippen molar-refractivity contribution < 1.29 is 0 Å². The largest absolute Gasteiger partial charge is 0.394 e. The van der Waals surface area contributed by atoms with Crippen LogP contribution < -0.4 is 11.5 Å². The highest BCUT2D eigenvalue weighted by Crippen LogP contribution is 2.32. The first-order valence-electron chi connectivity index (χ1n) is 6.02. The van der Waals surface area contributed by atoms with Crippen molar-refractivity contribution in [1.82, 2.24) is 9.78 Å². The number of benzene rings is 1. The van der Waals surface area contributed by atoms with E-state index in [1.165, 1.54) is 5.56 Å². The van der Waals surface area contributed by atoms with Crippen LogP contribution in [0.15, 0.2) is 24.3 Å². The number of nitrogen functional groups attached to an aromatic ring is 2. The summed E-state index contributed by atoms with van der Waals surface area (Å²) >= 11 is 0. The molecule has 2 aromatic rings. The molecule has 18 heavy (non-hydrogen) atoms. The summed E-state index contributed by atoms with van der Waals surface area (Å²) < 4.78 is 1.70. The van der Waals surface area contributed by atoms with E-state index in [4.69, 9.17) is 11.5 Å². The lowest BCUT2D eigenvalue weighted by Crippen LogP contribution is -2.14. The maximum Gasteiger partial charge on any atom is 0.150 e. The van der Waals surface area contributed by atoms with Crippen molar-refractivity contribution in [2.45, 2.75) is 33.1 Å². The first kappa shape index (κ1) is 12.5. The molecule has 0 aliphatic carbocycles. The van der Waals surface area contributed by atoms with Crippen molar-refractivity contribution in [2.24, 2.45) is 0 Å². The lowest BCUT2D eigenvalue weighted by molar-refractivity contribution is 0.562. The molecule has 0 amide bonds. The fourth-order valence-electron chi connectivity index (χ4n) is 1.88. The second kappa shape index (κ2) is 4.05. The summed E-state index contributed by atoms with van der Waals surface area (Å²) in [7, 11) is 0. The summed E-state index contributed by atoms with van der Waals surface area (Å²) in [6.45, 7) is 8.27. The Morgan fingerprint density at radius 1 is 1.06 bits per heavy atom. The summed E-state index contributed by atoms with van der Waals surface area (Å²) in [6, 6.07) is 8.04. The highest BCUT2D eigenvalue weighted by molar-refractivity contribution is 5.66. The minimum absolute atomic E-state index is 0.117. The molecule has 0 saturated carbocycles. The summed E-state index contributed by atoms with van der Waals surface area (Å²) in [5, 5.41) is 4.55. The Kier molecular flexibility index (Phi) is 2.81. The van der Waals surface area contributed by atoms with Gasteiger partial charge in [0, 0.05) is 5.41 Å². The van der Waals surface area contributed by atoms with Gasteiger partial charge in [-0.1, -0.05) is 38.5 Å². The second-order valence-corrected chi connectivity index (χ2v) is 5.64. The molecule has 0 spiro atoms. The van der Waals surface area contributed by atoms with E-state index < -0.39 is 0 Å². The zero-order valence-corrected chi connectivity index (χ0v) is 11.4. The molecule has 0 saturated heterocycles. The van der Waals surface area contributed by atoms with E-state index in [0.717, 1.165) is 11.4 Å². The molecule has 1 aromatic carbocycles. The smallest absolute Gasteiger partial charge is 0.150 e. The maximum absolute atomic E-state index is 6.05. The van der Waals surface area contributed by atoms with Gasteiger partial charge in [-0.15, -0.1) is 0 Å². The number of hydrogen-bond acceptors (Lipinski definition) is 3. The number of aryl methyl sites for hydroxylation is 1. The topological polar surface area (TPSA) is 69.9 Å². The molecule has 96 valence electrons. The average molecular weight is 244 g/mol. The molecule has 4 N–H and O–H groups in total. The van der Waals surface area contributed by atoms with Crippen LogP contribution in [0.25, 0.3) is 5.69 Å². The van der Waals surface area contributed by atoms with Crippen LogP contribution in [-0.4, -0.2) is 9.78 Å². The molecular formula is C14H20N4. The summed E-state index contributed by atoms with van der Waals surface area (Å²) in [6.07, 6.45) is 0. The van der Waals surface area contributed by atoms with Crippen LogP contribution in [0.5, 0.6) is 0 Å². The molecule has 0 radical (unpaired) electrons. The SMILES string of the molecule is Cc1ccc(-n2nc(C(C)(C)C)c(N)c2N)cc1. The van der Waals surface area contributed by atoms with Crippen molar-refractivity contribution in [3.05, 3.63) is 35.5 Å². The highest BCUT2D eigenvalue weighted by atomic mass is 15.3. The Balaban J connectivity index is 2.56. The second-order valence-electron chi connectivity index (χ2n) is 5.64. The number of anilines is 2. The number of aromatic nitrogens is 2. The Morgan fingerprint density at radius 3 is 2.06 bits per heavy atom. The van der Waals surface area contributed by atoms with Crippen molar-refractivity contribution >= 4 is 11.5 Å². The van der Waals surface area contributed by atoms with Crippen molar-refractivity contribution in [1.29, 1.82) is 0 Å².